The van der Waals surface area contributed by atoms with E-state index in [2.05, 4.69) is 34.9 Å². The van der Waals surface area contributed by atoms with Crippen molar-refractivity contribution in [3.05, 3.63) is 93.5 Å². The van der Waals surface area contributed by atoms with E-state index in [0.29, 0.717) is 51.7 Å². The molecule has 0 aromatic heterocycles. The quantitative estimate of drug-likeness (QED) is 0.0935. The molecule has 3 aromatic rings. The minimum atomic E-state index is -0.573. The van der Waals surface area contributed by atoms with Crippen LogP contribution in [0.4, 0.5) is 16.2 Å². The Morgan fingerprint density at radius 1 is 0.783 bits per heavy atom. The first-order chi connectivity index (χ1) is 22.5. The molecule has 4 rings (SSSR count). The first-order valence-electron chi connectivity index (χ1n) is 15.1. The molecule has 1 aliphatic rings. The van der Waals surface area contributed by atoms with Crippen LogP contribution in [0.2, 0.25) is 0 Å². The lowest BCUT2D eigenvalue weighted by Crippen LogP contribution is -2.29. The summed E-state index contributed by atoms with van der Waals surface area (Å²) < 4.78 is 27.3. The number of hydrogen-bond acceptors (Lipinski definition) is 10. The Labute approximate surface area is 266 Å². The fourth-order valence-corrected chi connectivity index (χ4v) is 4.95. The molecule has 0 bridgehead atoms. The summed E-state index contributed by atoms with van der Waals surface area (Å²) in [6.45, 7) is 2.78. The molecule has 46 heavy (non-hydrogen) atoms. The van der Waals surface area contributed by atoms with Crippen molar-refractivity contribution < 1.29 is 43.3 Å². The third-order valence-electron chi connectivity index (χ3n) is 7.20. The molecule has 0 spiro atoms. The van der Waals surface area contributed by atoms with Gasteiger partial charge in [0, 0.05) is 30.2 Å². The number of aliphatic hydroxyl groups is 1. The van der Waals surface area contributed by atoms with E-state index in [0.717, 1.165) is 11.1 Å². The molecular weight excluding hydrogens is 598 g/mol. The minimum Gasteiger partial charge on any atom is -0.449 e. The highest BCUT2D eigenvalue weighted by Gasteiger charge is 2.29. The topological polar surface area (TPSA) is 168 Å². The number of nitro benzene ring substituents is 1. The lowest BCUT2D eigenvalue weighted by Gasteiger charge is -2.14. The molecular formula is C33H39N3O10. The van der Waals surface area contributed by atoms with Crippen LogP contribution in [0.1, 0.15) is 29.0 Å². The lowest BCUT2D eigenvalue weighted by atomic mass is 9.98. The van der Waals surface area contributed by atoms with Gasteiger partial charge in [-0.05, 0) is 28.3 Å². The van der Waals surface area contributed by atoms with E-state index < -0.39 is 11.0 Å². The van der Waals surface area contributed by atoms with E-state index in [4.69, 9.17) is 23.7 Å². The van der Waals surface area contributed by atoms with Gasteiger partial charge in [-0.15, -0.1) is 0 Å². The number of aliphatic hydroxyl groups excluding tert-OH is 1. The van der Waals surface area contributed by atoms with Gasteiger partial charge >= 0.3 is 6.09 Å². The van der Waals surface area contributed by atoms with Crippen molar-refractivity contribution >= 4 is 23.4 Å². The average molecular weight is 638 g/mol. The maximum atomic E-state index is 12.2. The van der Waals surface area contributed by atoms with Gasteiger partial charge in [0.15, 0.2) is 0 Å². The molecule has 0 aliphatic heterocycles. The van der Waals surface area contributed by atoms with E-state index in [-0.39, 0.29) is 56.0 Å². The van der Waals surface area contributed by atoms with Crippen LogP contribution < -0.4 is 10.6 Å². The van der Waals surface area contributed by atoms with Crippen molar-refractivity contribution in [3.63, 3.8) is 0 Å². The number of rotatable bonds is 20. The van der Waals surface area contributed by atoms with Gasteiger partial charge in [-0.3, -0.25) is 14.9 Å². The zero-order chi connectivity index (χ0) is 32.6. The van der Waals surface area contributed by atoms with Crippen LogP contribution in [0.5, 0.6) is 0 Å². The molecule has 3 aromatic carbocycles. The number of carbonyl (C=O) groups is 2. The summed E-state index contributed by atoms with van der Waals surface area (Å²) in [6, 6.07) is 20.2. The number of alkyl carbamates (subject to hydrolysis) is 1. The Balaban J connectivity index is 0.941. The number of fused-ring (bicyclic) bond motifs is 3. The summed E-state index contributed by atoms with van der Waals surface area (Å²) in [6.07, 6.45) is -0.444. The van der Waals surface area contributed by atoms with Crippen molar-refractivity contribution in [1.29, 1.82) is 0 Å². The highest BCUT2D eigenvalue weighted by Crippen LogP contribution is 2.44. The van der Waals surface area contributed by atoms with E-state index in [1.54, 1.807) is 0 Å². The van der Waals surface area contributed by atoms with Gasteiger partial charge in [-0.1, -0.05) is 48.5 Å². The molecule has 0 fully saturated rings. The van der Waals surface area contributed by atoms with Gasteiger partial charge in [-0.2, -0.15) is 0 Å². The fraction of sp³-hybridized carbons (Fsp3) is 0.394. The Bertz CT molecular complexity index is 1410. The number of benzene rings is 3. The van der Waals surface area contributed by atoms with E-state index >= 15 is 0 Å². The second-order valence-electron chi connectivity index (χ2n) is 10.3. The van der Waals surface area contributed by atoms with E-state index in [1.165, 1.54) is 29.3 Å². The molecule has 0 saturated heterocycles. The number of amides is 2. The van der Waals surface area contributed by atoms with Crippen LogP contribution in [-0.2, 0) is 35.1 Å². The maximum Gasteiger partial charge on any atom is 0.407 e. The number of hydrogen-bond donors (Lipinski definition) is 3. The molecule has 246 valence electrons. The zero-order valence-electron chi connectivity index (χ0n) is 25.5. The number of carbonyl (C=O) groups excluding carboxylic acids is 2. The molecule has 1 aliphatic carbocycles. The van der Waals surface area contributed by atoms with Crippen molar-refractivity contribution in [2.24, 2.45) is 0 Å². The molecule has 13 nitrogen and oxygen atoms in total. The zero-order valence-corrected chi connectivity index (χ0v) is 25.5. The van der Waals surface area contributed by atoms with Gasteiger partial charge in [0.05, 0.1) is 76.5 Å². The molecule has 0 heterocycles. The monoisotopic (exact) mass is 637 g/mol. The number of nitro groups is 1. The summed E-state index contributed by atoms with van der Waals surface area (Å²) in [5, 5.41) is 25.6. The van der Waals surface area contributed by atoms with Gasteiger partial charge < -0.3 is 39.4 Å². The Kier molecular flexibility index (Phi) is 13.9. The lowest BCUT2D eigenvalue weighted by molar-refractivity contribution is -0.384. The van der Waals surface area contributed by atoms with Crippen LogP contribution in [0.25, 0.3) is 11.1 Å². The number of ether oxygens (including phenoxy) is 5. The van der Waals surface area contributed by atoms with Crippen molar-refractivity contribution in [1.82, 2.24) is 5.32 Å². The van der Waals surface area contributed by atoms with E-state index in [1.807, 2.05) is 24.3 Å². The Hall–Kier alpha value is -4.40. The van der Waals surface area contributed by atoms with Crippen molar-refractivity contribution in [2.75, 3.05) is 71.3 Å². The molecule has 13 heteroatoms. The molecule has 0 radical (unpaired) electrons. The number of non-ortho nitro benzene ring substituents is 1. The largest absolute Gasteiger partial charge is 0.449 e. The van der Waals surface area contributed by atoms with E-state index in [9.17, 15) is 24.8 Å². The van der Waals surface area contributed by atoms with Gasteiger partial charge in [0.1, 0.15) is 6.61 Å². The third kappa shape index (κ3) is 10.3. The normalized spacial score (nSPS) is 11.9. The van der Waals surface area contributed by atoms with Crippen LogP contribution in [0.3, 0.4) is 0 Å². The maximum absolute atomic E-state index is 12.2. The van der Waals surface area contributed by atoms with Crippen LogP contribution >= 0.6 is 0 Å². The summed E-state index contributed by atoms with van der Waals surface area (Å²) in [4.78, 5) is 34.7. The van der Waals surface area contributed by atoms with Crippen LogP contribution in [0, 0.1) is 10.1 Å². The molecule has 0 saturated carbocycles. The Morgan fingerprint density at radius 3 is 1.93 bits per heavy atom. The number of anilines is 1. The molecule has 0 unspecified atom stereocenters. The molecule has 2 amide bonds. The number of nitrogens with one attached hydrogen (secondary N) is 2. The molecule has 3 N–H and O–H groups in total. The van der Waals surface area contributed by atoms with Crippen LogP contribution in [0.15, 0.2) is 66.7 Å². The summed E-state index contributed by atoms with van der Waals surface area (Å²) in [5.74, 6) is -0.375. The Morgan fingerprint density at radius 2 is 1.35 bits per heavy atom. The average Bonchev–Trinajstić information content (AvgIpc) is 3.39. The highest BCUT2D eigenvalue weighted by molar-refractivity contribution is 5.92. The predicted octanol–water partition coefficient (Wildman–Crippen LogP) is 4.02. The summed E-state index contributed by atoms with van der Waals surface area (Å²) in [5.41, 5.74) is 5.08. The fourth-order valence-electron chi connectivity index (χ4n) is 4.95. The van der Waals surface area contributed by atoms with Crippen molar-refractivity contribution in [3.8, 4) is 11.1 Å². The SMILES string of the molecule is O=C(CCOCCOCCOCCOCCNC(=O)OCC1c2ccccc2-c2ccccc21)Nc1cc([N+](=O)[O-])ccc1CO. The second-order valence-corrected chi connectivity index (χ2v) is 10.3. The van der Waals surface area contributed by atoms with Gasteiger partial charge in [0.2, 0.25) is 5.91 Å². The first kappa shape index (κ1) is 34.5. The highest BCUT2D eigenvalue weighted by atomic mass is 16.6. The predicted molar refractivity (Wildman–Crippen MR) is 169 cm³/mol. The number of nitrogens with zero attached hydrogens (tertiary/aromatic N) is 1. The first-order valence-corrected chi connectivity index (χ1v) is 15.1. The molecule has 0 atom stereocenters. The van der Waals surface area contributed by atoms with Gasteiger partial charge in [0.25, 0.3) is 5.69 Å². The summed E-state index contributed by atoms with van der Waals surface area (Å²) >= 11 is 0. The standard InChI is InChI=1S/C33H39N3O10/c37-22-24-9-10-25(36(40)41)21-31(24)35-32(38)11-13-42-15-17-44-19-20-45-18-16-43-14-12-34-33(39)46-23-30-28-7-3-1-5-26(28)27-6-2-4-8-29(27)30/h1-10,21,30,37H,11-20,22-23H2,(H,34,39)(H,35,38). The van der Waals surface area contributed by atoms with Crippen LogP contribution in [-0.4, -0.2) is 88.0 Å². The second kappa shape index (κ2) is 18.5. The van der Waals surface area contributed by atoms with Crippen molar-refractivity contribution in [2.45, 2.75) is 18.9 Å². The minimum absolute atomic E-state index is 0.0140. The smallest absolute Gasteiger partial charge is 0.407 e. The van der Waals surface area contributed by atoms with Gasteiger partial charge in [-0.25, -0.2) is 4.79 Å². The summed E-state index contributed by atoms with van der Waals surface area (Å²) in [7, 11) is 0. The third-order valence-corrected chi connectivity index (χ3v) is 7.20.